The Bertz CT molecular complexity index is 760. The number of carbonyl (C=O) groups is 1. The number of hydrogen-bond acceptors (Lipinski definition) is 4. The number of piperidine rings is 1. The van der Waals surface area contributed by atoms with Crippen LogP contribution in [0, 0.1) is 13.8 Å². The number of nitrogens with zero attached hydrogens (tertiary/aromatic N) is 4. The number of amides is 1. The second-order valence-electron chi connectivity index (χ2n) is 7.50. The van der Waals surface area contributed by atoms with Gasteiger partial charge in [0.25, 0.3) is 0 Å². The zero-order valence-corrected chi connectivity index (χ0v) is 15.6. The molecule has 0 saturated carbocycles. The predicted octanol–water partition coefficient (Wildman–Crippen LogP) is 2.91. The second kappa shape index (κ2) is 7.06. The summed E-state index contributed by atoms with van der Waals surface area (Å²) in [6.45, 7) is 5.71. The highest BCUT2D eigenvalue weighted by molar-refractivity contribution is 5.78. The fourth-order valence-electron chi connectivity index (χ4n) is 4.28. The molecule has 1 amide bonds. The minimum atomic E-state index is 0.317. The van der Waals surface area contributed by atoms with Gasteiger partial charge in [-0.15, -0.1) is 0 Å². The number of benzene rings is 1. The first-order valence-corrected chi connectivity index (χ1v) is 9.52. The van der Waals surface area contributed by atoms with Crippen molar-refractivity contribution in [3.8, 4) is 0 Å². The molecule has 1 aromatic heterocycles. The van der Waals surface area contributed by atoms with Crippen molar-refractivity contribution in [2.75, 3.05) is 18.0 Å². The van der Waals surface area contributed by atoms with Gasteiger partial charge in [-0.05, 0) is 38.7 Å². The third-order valence-corrected chi connectivity index (χ3v) is 5.46. The Morgan fingerprint density at radius 3 is 2.54 bits per heavy atom. The molecule has 0 radical (unpaired) electrons. The van der Waals surface area contributed by atoms with Crippen LogP contribution in [0.3, 0.4) is 0 Å². The smallest absolute Gasteiger partial charge is 0.223 e. The molecule has 4 heterocycles. The zero-order chi connectivity index (χ0) is 18.1. The highest BCUT2D eigenvalue weighted by Gasteiger charge is 2.47. The summed E-state index contributed by atoms with van der Waals surface area (Å²) < 4.78 is 0. The summed E-state index contributed by atoms with van der Waals surface area (Å²) in [6.07, 6.45) is 3.67. The molecule has 2 atom stereocenters. The summed E-state index contributed by atoms with van der Waals surface area (Å²) in [5.74, 6) is 2.13. The molecule has 0 N–H and O–H groups in total. The molecule has 1 aromatic carbocycles. The maximum absolute atomic E-state index is 12.7. The van der Waals surface area contributed by atoms with Crippen molar-refractivity contribution in [3.05, 3.63) is 53.5 Å². The van der Waals surface area contributed by atoms with Crippen molar-refractivity contribution in [3.63, 3.8) is 0 Å². The minimum absolute atomic E-state index is 0.317. The van der Waals surface area contributed by atoms with Crippen LogP contribution in [-0.4, -0.2) is 45.9 Å². The van der Waals surface area contributed by atoms with Gasteiger partial charge in [0.2, 0.25) is 5.91 Å². The topological polar surface area (TPSA) is 49.3 Å². The Balaban J connectivity index is 1.31. The Morgan fingerprint density at radius 1 is 1.12 bits per heavy atom. The molecule has 0 aliphatic carbocycles. The summed E-state index contributed by atoms with van der Waals surface area (Å²) in [7, 11) is 0. The van der Waals surface area contributed by atoms with E-state index < -0.39 is 0 Å². The van der Waals surface area contributed by atoms with E-state index in [0.29, 0.717) is 24.4 Å². The molecule has 5 rings (SSSR count). The van der Waals surface area contributed by atoms with Gasteiger partial charge in [-0.3, -0.25) is 4.79 Å². The van der Waals surface area contributed by atoms with Crippen LogP contribution in [0.2, 0.25) is 0 Å². The lowest BCUT2D eigenvalue weighted by atomic mass is 9.86. The van der Waals surface area contributed by atoms with Crippen molar-refractivity contribution in [1.29, 1.82) is 0 Å². The first-order valence-electron chi connectivity index (χ1n) is 9.52. The lowest BCUT2D eigenvalue weighted by molar-refractivity contribution is -0.146. The van der Waals surface area contributed by atoms with Crippen LogP contribution in [0.25, 0.3) is 0 Å². The molecule has 3 aliphatic rings. The van der Waals surface area contributed by atoms with Gasteiger partial charge in [0.1, 0.15) is 11.6 Å². The van der Waals surface area contributed by atoms with Gasteiger partial charge in [-0.1, -0.05) is 30.3 Å². The fourth-order valence-corrected chi connectivity index (χ4v) is 4.28. The molecule has 26 heavy (non-hydrogen) atoms. The van der Waals surface area contributed by atoms with Crippen LogP contribution in [0.4, 0.5) is 5.82 Å². The second-order valence-corrected chi connectivity index (χ2v) is 7.50. The van der Waals surface area contributed by atoms with Gasteiger partial charge < -0.3 is 9.80 Å². The van der Waals surface area contributed by atoms with E-state index in [4.69, 9.17) is 0 Å². The monoisotopic (exact) mass is 350 g/mol. The van der Waals surface area contributed by atoms with Crippen LogP contribution in [0.1, 0.15) is 36.3 Å². The Kier molecular flexibility index (Phi) is 4.62. The van der Waals surface area contributed by atoms with E-state index in [0.717, 1.165) is 49.7 Å². The van der Waals surface area contributed by atoms with E-state index in [-0.39, 0.29) is 0 Å². The molecule has 2 aromatic rings. The molecular weight excluding hydrogens is 324 g/mol. The first kappa shape index (κ1) is 17.0. The van der Waals surface area contributed by atoms with Crippen LogP contribution < -0.4 is 4.90 Å². The molecule has 3 fully saturated rings. The Hall–Kier alpha value is -2.43. The van der Waals surface area contributed by atoms with Gasteiger partial charge in [0.05, 0.1) is 12.1 Å². The first-order chi connectivity index (χ1) is 12.6. The number of aryl methyl sites for hydroxylation is 3. The molecular formula is C21H26N4O. The molecule has 3 saturated heterocycles. The normalized spacial score (nSPS) is 21.5. The SMILES string of the molecule is Cc1cc(N2CC3CC(C2)N3C(=O)CCCc2ccccc2)nc(C)n1. The van der Waals surface area contributed by atoms with Gasteiger partial charge >= 0.3 is 0 Å². The number of anilines is 1. The fraction of sp³-hybridized carbons (Fsp3) is 0.476. The average molecular weight is 350 g/mol. The summed E-state index contributed by atoms with van der Waals surface area (Å²) in [6, 6.07) is 13.1. The van der Waals surface area contributed by atoms with Gasteiger partial charge in [0, 0.05) is 31.3 Å². The molecule has 3 aliphatic heterocycles. The van der Waals surface area contributed by atoms with E-state index in [1.807, 2.05) is 26.0 Å². The summed E-state index contributed by atoms with van der Waals surface area (Å²) >= 11 is 0. The van der Waals surface area contributed by atoms with Crippen molar-refractivity contribution in [2.24, 2.45) is 0 Å². The lowest BCUT2D eigenvalue weighted by Crippen LogP contribution is -2.70. The molecule has 5 nitrogen and oxygen atoms in total. The van der Waals surface area contributed by atoms with Gasteiger partial charge in [-0.2, -0.15) is 0 Å². The van der Waals surface area contributed by atoms with E-state index >= 15 is 0 Å². The molecule has 5 heteroatoms. The van der Waals surface area contributed by atoms with Crippen molar-refractivity contribution in [2.45, 2.75) is 51.6 Å². The van der Waals surface area contributed by atoms with Crippen LogP contribution in [0.15, 0.2) is 36.4 Å². The van der Waals surface area contributed by atoms with E-state index in [2.05, 4.69) is 44.0 Å². The summed E-state index contributed by atoms with van der Waals surface area (Å²) in [5, 5.41) is 0. The summed E-state index contributed by atoms with van der Waals surface area (Å²) in [4.78, 5) is 26.0. The predicted molar refractivity (Wildman–Crippen MR) is 102 cm³/mol. The minimum Gasteiger partial charge on any atom is -0.352 e. The third kappa shape index (κ3) is 3.43. The largest absolute Gasteiger partial charge is 0.352 e. The molecule has 2 bridgehead atoms. The van der Waals surface area contributed by atoms with Gasteiger partial charge in [-0.25, -0.2) is 9.97 Å². The lowest BCUT2D eigenvalue weighted by Gasteiger charge is -2.56. The number of hydrogen-bond donors (Lipinski definition) is 0. The number of piperazine rings is 1. The average Bonchev–Trinajstić information content (AvgIpc) is 2.62. The van der Waals surface area contributed by atoms with E-state index in [9.17, 15) is 4.79 Å². The number of rotatable bonds is 5. The van der Waals surface area contributed by atoms with E-state index in [1.165, 1.54) is 5.56 Å². The Labute approximate surface area is 155 Å². The number of fused-ring (bicyclic) bond motifs is 2. The highest BCUT2D eigenvalue weighted by Crippen LogP contribution is 2.35. The van der Waals surface area contributed by atoms with Crippen molar-refractivity contribution in [1.82, 2.24) is 14.9 Å². The zero-order valence-electron chi connectivity index (χ0n) is 15.6. The van der Waals surface area contributed by atoms with Gasteiger partial charge in [0.15, 0.2) is 0 Å². The number of carbonyl (C=O) groups excluding carboxylic acids is 1. The molecule has 0 spiro atoms. The third-order valence-electron chi connectivity index (χ3n) is 5.46. The molecule has 136 valence electrons. The maximum Gasteiger partial charge on any atom is 0.223 e. The van der Waals surface area contributed by atoms with Crippen LogP contribution >= 0.6 is 0 Å². The van der Waals surface area contributed by atoms with Crippen LogP contribution in [-0.2, 0) is 11.2 Å². The standard InChI is InChI=1S/C21H26N4O/c1-15-11-20(23-16(2)22-15)24-13-18-12-19(14-24)25(18)21(26)10-6-9-17-7-4-3-5-8-17/h3-5,7-8,11,18-19H,6,9-10,12-14H2,1-2H3. The number of aromatic nitrogens is 2. The quantitative estimate of drug-likeness (QED) is 0.832. The Morgan fingerprint density at radius 2 is 1.85 bits per heavy atom. The van der Waals surface area contributed by atoms with E-state index in [1.54, 1.807) is 0 Å². The highest BCUT2D eigenvalue weighted by atomic mass is 16.2. The van der Waals surface area contributed by atoms with Crippen LogP contribution in [0.5, 0.6) is 0 Å². The van der Waals surface area contributed by atoms with Crippen molar-refractivity contribution < 1.29 is 4.79 Å². The molecule has 2 unspecified atom stereocenters. The van der Waals surface area contributed by atoms with Crippen molar-refractivity contribution >= 4 is 11.7 Å². The maximum atomic E-state index is 12.7. The summed E-state index contributed by atoms with van der Waals surface area (Å²) in [5.41, 5.74) is 2.31.